The van der Waals surface area contributed by atoms with E-state index in [4.69, 9.17) is 4.74 Å². The van der Waals surface area contributed by atoms with Crippen LogP contribution in [0, 0.1) is 17.0 Å². The van der Waals surface area contributed by atoms with Gasteiger partial charge in [0.2, 0.25) is 5.78 Å². The lowest BCUT2D eigenvalue weighted by atomic mass is 10.1. The summed E-state index contributed by atoms with van der Waals surface area (Å²) in [6.07, 6.45) is -1.13. The quantitative estimate of drug-likeness (QED) is 0.241. The smallest absolute Gasteiger partial charge is 0.326 e. The van der Waals surface area contributed by atoms with Crippen LogP contribution in [0.2, 0.25) is 0 Å². The number of ketones is 1. The van der Waals surface area contributed by atoms with Crippen LogP contribution in [0.5, 0.6) is 0 Å². The average Bonchev–Trinajstić information content (AvgIpc) is 2.92. The Hall–Kier alpha value is -3.88. The Labute approximate surface area is 165 Å². The van der Waals surface area contributed by atoms with Crippen molar-refractivity contribution in [3.8, 4) is 0 Å². The van der Waals surface area contributed by atoms with Gasteiger partial charge in [0.05, 0.1) is 10.5 Å². The summed E-state index contributed by atoms with van der Waals surface area (Å²) in [7, 11) is 0. The number of aryl methyl sites for hydroxylation is 1. The number of amides is 2. The number of nitrogens with zero attached hydrogens (tertiary/aromatic N) is 2. The Balaban J connectivity index is 1.71. The fraction of sp³-hybridized carbons (Fsp3) is 0.200. The van der Waals surface area contributed by atoms with Crippen molar-refractivity contribution in [2.24, 2.45) is 0 Å². The number of rotatable bonds is 6. The molecule has 2 amide bonds. The molecular weight excluding hydrogens is 380 g/mol. The van der Waals surface area contributed by atoms with E-state index in [1.54, 1.807) is 24.3 Å². The molecule has 1 aliphatic heterocycles. The average molecular weight is 396 g/mol. The molecule has 29 heavy (non-hydrogen) atoms. The molecule has 0 aromatic heterocycles. The van der Waals surface area contributed by atoms with Gasteiger partial charge in [-0.1, -0.05) is 35.9 Å². The Morgan fingerprint density at radius 3 is 2.38 bits per heavy atom. The molecule has 0 saturated carbocycles. The van der Waals surface area contributed by atoms with Crippen LogP contribution < -0.4 is 0 Å². The second-order valence-corrected chi connectivity index (χ2v) is 6.52. The number of nitro benzene ring substituents is 1. The summed E-state index contributed by atoms with van der Waals surface area (Å²) >= 11 is 0. The van der Waals surface area contributed by atoms with Crippen molar-refractivity contribution in [3.63, 3.8) is 0 Å². The number of imide groups is 1. The van der Waals surface area contributed by atoms with Gasteiger partial charge in [0.1, 0.15) is 12.1 Å². The van der Waals surface area contributed by atoms with E-state index in [0.29, 0.717) is 10.5 Å². The van der Waals surface area contributed by atoms with E-state index in [0.717, 1.165) is 11.6 Å². The molecule has 0 radical (unpaired) electrons. The van der Waals surface area contributed by atoms with Crippen LogP contribution in [-0.2, 0) is 9.53 Å². The number of carbonyl (C=O) groups excluding carboxylic acids is 4. The van der Waals surface area contributed by atoms with Gasteiger partial charge in [0.25, 0.3) is 17.5 Å². The molecule has 0 bridgehead atoms. The van der Waals surface area contributed by atoms with E-state index in [2.05, 4.69) is 0 Å². The maximum Gasteiger partial charge on any atom is 0.326 e. The first-order valence-electron chi connectivity index (χ1n) is 8.64. The third kappa shape index (κ3) is 3.75. The number of esters is 1. The minimum Gasteiger partial charge on any atom is -0.453 e. The van der Waals surface area contributed by atoms with E-state index < -0.39 is 46.8 Å². The second kappa shape index (κ2) is 7.63. The number of Topliss-reactive ketones (excluding diaryl/α,β-unsaturated/α-hetero) is 1. The molecule has 3 rings (SSSR count). The van der Waals surface area contributed by atoms with Crippen LogP contribution in [0.4, 0.5) is 5.69 Å². The highest BCUT2D eigenvalue weighted by Gasteiger charge is 2.42. The van der Waals surface area contributed by atoms with Crippen molar-refractivity contribution in [3.05, 3.63) is 74.8 Å². The van der Waals surface area contributed by atoms with E-state index in [9.17, 15) is 29.3 Å². The van der Waals surface area contributed by atoms with Gasteiger partial charge in [-0.3, -0.25) is 34.2 Å². The van der Waals surface area contributed by atoms with E-state index in [1.807, 2.05) is 6.92 Å². The van der Waals surface area contributed by atoms with Crippen LogP contribution in [0.3, 0.4) is 0 Å². The maximum atomic E-state index is 12.5. The predicted octanol–water partition coefficient (Wildman–Crippen LogP) is 2.31. The zero-order valence-electron chi connectivity index (χ0n) is 15.6. The number of nitro groups is 1. The summed E-state index contributed by atoms with van der Waals surface area (Å²) in [5.74, 6) is -3.19. The normalized spacial score (nSPS) is 13.8. The fourth-order valence-corrected chi connectivity index (χ4v) is 2.98. The zero-order chi connectivity index (χ0) is 21.3. The number of carbonyl (C=O) groups is 4. The summed E-state index contributed by atoms with van der Waals surface area (Å²) in [6, 6.07) is 10.4. The molecule has 2 aromatic rings. The van der Waals surface area contributed by atoms with Crippen LogP contribution in [0.25, 0.3) is 0 Å². The van der Waals surface area contributed by atoms with Crippen LogP contribution in [0.1, 0.15) is 43.6 Å². The molecule has 0 fully saturated rings. The van der Waals surface area contributed by atoms with Gasteiger partial charge in [0, 0.05) is 11.6 Å². The third-order valence-electron chi connectivity index (χ3n) is 4.47. The summed E-state index contributed by atoms with van der Waals surface area (Å²) in [4.78, 5) is 60.3. The topological polar surface area (TPSA) is 124 Å². The van der Waals surface area contributed by atoms with Crippen molar-refractivity contribution in [2.45, 2.75) is 20.0 Å². The molecule has 0 spiro atoms. The van der Waals surface area contributed by atoms with Crippen LogP contribution >= 0.6 is 0 Å². The van der Waals surface area contributed by atoms with Crippen molar-refractivity contribution in [2.75, 3.05) is 6.54 Å². The Bertz CT molecular complexity index is 1040. The first-order chi connectivity index (χ1) is 13.7. The van der Waals surface area contributed by atoms with E-state index in [1.165, 1.54) is 19.1 Å². The molecule has 0 unspecified atom stereocenters. The van der Waals surface area contributed by atoms with Gasteiger partial charge in [-0.2, -0.15) is 0 Å². The number of hydrogen-bond donors (Lipinski definition) is 0. The fourth-order valence-electron chi connectivity index (χ4n) is 2.98. The van der Waals surface area contributed by atoms with Gasteiger partial charge in [0.15, 0.2) is 6.10 Å². The monoisotopic (exact) mass is 396 g/mol. The predicted molar refractivity (Wildman–Crippen MR) is 99.5 cm³/mol. The summed E-state index contributed by atoms with van der Waals surface area (Å²) in [5, 5.41) is 11.1. The largest absolute Gasteiger partial charge is 0.453 e. The van der Waals surface area contributed by atoms with Crippen molar-refractivity contribution < 1.29 is 28.8 Å². The Morgan fingerprint density at radius 1 is 1.10 bits per heavy atom. The Kier molecular flexibility index (Phi) is 5.22. The van der Waals surface area contributed by atoms with Gasteiger partial charge in [-0.25, -0.2) is 0 Å². The maximum absolute atomic E-state index is 12.5. The van der Waals surface area contributed by atoms with Gasteiger partial charge in [-0.05, 0) is 19.9 Å². The standard InChI is InChI=1S/C20H16N2O7/c1-11-6-8-13(9-7-11)18(24)12(2)29-16(23)10-21-19(25)14-4-3-5-15(22(27)28)17(14)20(21)26/h3-9,12H,10H2,1-2H3/t12-/m0/s1. The van der Waals surface area contributed by atoms with Crippen molar-refractivity contribution in [1.29, 1.82) is 0 Å². The minimum atomic E-state index is -1.13. The van der Waals surface area contributed by atoms with Crippen LogP contribution in [0.15, 0.2) is 42.5 Å². The van der Waals surface area contributed by atoms with Gasteiger partial charge < -0.3 is 4.74 Å². The van der Waals surface area contributed by atoms with Crippen LogP contribution in [-0.4, -0.2) is 46.0 Å². The summed E-state index contributed by atoms with van der Waals surface area (Å²) < 4.78 is 5.06. The molecule has 2 aromatic carbocycles. The summed E-state index contributed by atoms with van der Waals surface area (Å²) in [5.41, 5.74) is 0.290. The SMILES string of the molecule is Cc1ccc(C(=O)[C@H](C)OC(=O)CN2C(=O)c3cccc([N+](=O)[O-])c3C2=O)cc1. The molecule has 0 saturated heterocycles. The number of hydrogen-bond acceptors (Lipinski definition) is 7. The summed E-state index contributed by atoms with van der Waals surface area (Å²) in [6.45, 7) is 2.49. The molecule has 9 nitrogen and oxygen atoms in total. The second-order valence-electron chi connectivity index (χ2n) is 6.52. The first-order valence-corrected chi connectivity index (χ1v) is 8.64. The molecule has 1 atom stereocenters. The highest BCUT2D eigenvalue weighted by Crippen LogP contribution is 2.30. The number of ether oxygens (including phenoxy) is 1. The zero-order valence-corrected chi connectivity index (χ0v) is 15.6. The van der Waals surface area contributed by atoms with Gasteiger partial charge in [-0.15, -0.1) is 0 Å². The molecule has 0 N–H and O–H groups in total. The molecule has 148 valence electrons. The molecule has 1 aliphatic rings. The molecular formula is C20H16N2O7. The highest BCUT2D eigenvalue weighted by molar-refractivity contribution is 6.24. The van der Waals surface area contributed by atoms with Crippen molar-refractivity contribution in [1.82, 2.24) is 4.90 Å². The van der Waals surface area contributed by atoms with E-state index in [-0.39, 0.29) is 11.1 Å². The third-order valence-corrected chi connectivity index (χ3v) is 4.47. The Morgan fingerprint density at radius 2 is 1.76 bits per heavy atom. The molecule has 0 aliphatic carbocycles. The minimum absolute atomic E-state index is 0.152. The van der Waals surface area contributed by atoms with Crippen molar-refractivity contribution >= 4 is 29.3 Å². The van der Waals surface area contributed by atoms with E-state index >= 15 is 0 Å². The number of fused-ring (bicyclic) bond motifs is 1. The highest BCUT2D eigenvalue weighted by atomic mass is 16.6. The first kappa shape index (κ1) is 19.9. The molecule has 9 heteroatoms. The van der Waals surface area contributed by atoms with Gasteiger partial charge >= 0.3 is 5.97 Å². The lowest BCUT2D eigenvalue weighted by Gasteiger charge is -2.16. The number of benzene rings is 2. The molecule has 1 heterocycles. The lowest BCUT2D eigenvalue weighted by Crippen LogP contribution is -2.37. The lowest BCUT2D eigenvalue weighted by molar-refractivity contribution is -0.385.